The molecule has 0 bridgehead atoms. The fraction of sp³-hybridized carbons (Fsp3) is 0.400. The lowest BCUT2D eigenvalue weighted by atomic mass is 9.96. The molecule has 0 atom stereocenters. The van der Waals surface area contributed by atoms with Crippen molar-refractivity contribution < 1.29 is 13.2 Å². The van der Waals surface area contributed by atoms with E-state index in [1.807, 2.05) is 3.11 Å². The smallest absolute Gasteiger partial charge is 0.243 e. The Kier molecular flexibility index (Phi) is 2.94. The molecule has 1 aliphatic heterocycles. The van der Waals surface area contributed by atoms with Gasteiger partial charge in [-0.05, 0) is 23.6 Å². The number of hydrogen-bond donors (Lipinski definition) is 0. The van der Waals surface area contributed by atoms with Crippen LogP contribution in [0.3, 0.4) is 0 Å². The molecule has 1 nitrogen and oxygen atoms in total. The molecule has 0 saturated heterocycles. The quantitative estimate of drug-likeness (QED) is 0.521. The number of rotatable bonds is 0. The topological polar surface area (TPSA) is 3.24 Å². The van der Waals surface area contributed by atoms with Crippen molar-refractivity contribution in [2.75, 3.05) is 6.54 Å². The zero-order valence-electron chi connectivity index (χ0n) is 7.81. The van der Waals surface area contributed by atoms with E-state index in [1.54, 1.807) is 6.07 Å². The molecule has 1 heterocycles. The van der Waals surface area contributed by atoms with Gasteiger partial charge in [0.2, 0.25) is 0 Å². The summed E-state index contributed by atoms with van der Waals surface area (Å²) in [4.78, 5) is 0. The molecule has 0 aromatic heterocycles. The number of benzene rings is 1. The van der Waals surface area contributed by atoms with E-state index in [2.05, 4.69) is 22.9 Å². The van der Waals surface area contributed by atoms with E-state index < -0.39 is 11.7 Å². The van der Waals surface area contributed by atoms with Gasteiger partial charge in [0.1, 0.15) is 0 Å². The zero-order chi connectivity index (χ0) is 11.1. The minimum Gasteiger partial charge on any atom is -0.243 e. The van der Waals surface area contributed by atoms with Gasteiger partial charge in [-0.2, -0.15) is 13.2 Å². The molecule has 1 aromatic carbocycles. The Bertz CT molecular complexity index is 375. The molecule has 5 heteroatoms. The summed E-state index contributed by atoms with van der Waals surface area (Å²) in [7, 11) is 0. The molecule has 0 radical (unpaired) electrons. The average Bonchev–Trinajstić information content (AvgIpc) is 2.15. The van der Waals surface area contributed by atoms with Crippen LogP contribution in [0.5, 0.6) is 0 Å². The summed E-state index contributed by atoms with van der Waals surface area (Å²) in [6, 6.07) is 4.44. The average molecular weight is 327 g/mol. The molecule has 1 aromatic rings. The molecule has 0 saturated carbocycles. The van der Waals surface area contributed by atoms with Crippen LogP contribution in [0.1, 0.15) is 16.7 Å². The van der Waals surface area contributed by atoms with Crippen molar-refractivity contribution in [1.29, 1.82) is 0 Å². The maximum atomic E-state index is 12.7. The summed E-state index contributed by atoms with van der Waals surface area (Å²) >= 11 is 2.06. The fourth-order valence-electron chi connectivity index (χ4n) is 1.81. The van der Waals surface area contributed by atoms with Crippen LogP contribution < -0.4 is 0 Å². The lowest BCUT2D eigenvalue weighted by Crippen LogP contribution is -2.24. The van der Waals surface area contributed by atoms with Gasteiger partial charge in [-0.15, -0.1) is 0 Å². The third-order valence-electron chi connectivity index (χ3n) is 2.53. The zero-order valence-corrected chi connectivity index (χ0v) is 9.97. The Morgan fingerprint density at radius 3 is 2.67 bits per heavy atom. The highest BCUT2D eigenvalue weighted by Crippen LogP contribution is 2.36. The first-order chi connectivity index (χ1) is 6.98. The third-order valence-corrected chi connectivity index (χ3v) is 3.36. The molecule has 82 valence electrons. The second kappa shape index (κ2) is 3.93. The maximum Gasteiger partial charge on any atom is 0.416 e. The fourth-order valence-corrected chi connectivity index (χ4v) is 2.40. The summed E-state index contributed by atoms with van der Waals surface area (Å²) in [5, 5.41) is 0. The first-order valence-electron chi connectivity index (χ1n) is 4.57. The normalized spacial score (nSPS) is 17.6. The molecule has 1 aliphatic rings. The number of alkyl halides is 3. The van der Waals surface area contributed by atoms with Gasteiger partial charge in [0.25, 0.3) is 0 Å². The predicted molar refractivity (Wildman–Crippen MR) is 59.6 cm³/mol. The van der Waals surface area contributed by atoms with Crippen molar-refractivity contribution in [1.82, 2.24) is 3.11 Å². The third kappa shape index (κ3) is 2.28. The van der Waals surface area contributed by atoms with Crippen LogP contribution in [-0.4, -0.2) is 9.66 Å². The van der Waals surface area contributed by atoms with Gasteiger partial charge in [-0.3, -0.25) is 0 Å². The van der Waals surface area contributed by atoms with Crippen LogP contribution in [-0.2, 0) is 19.1 Å². The summed E-state index contributed by atoms with van der Waals surface area (Å²) in [6.07, 6.45) is -3.54. The lowest BCUT2D eigenvalue weighted by molar-refractivity contribution is -0.138. The minimum absolute atomic E-state index is 0.381. The van der Waals surface area contributed by atoms with Gasteiger partial charge < -0.3 is 0 Å². The van der Waals surface area contributed by atoms with Gasteiger partial charge in [0.15, 0.2) is 0 Å². The Morgan fingerprint density at radius 2 is 2.00 bits per heavy atom. The van der Waals surface area contributed by atoms with Gasteiger partial charge in [0.05, 0.1) is 5.56 Å². The van der Waals surface area contributed by atoms with Crippen molar-refractivity contribution >= 4 is 22.9 Å². The van der Waals surface area contributed by atoms with Crippen molar-refractivity contribution in [3.63, 3.8) is 0 Å². The molecule has 0 fully saturated rings. The second-order valence-electron chi connectivity index (χ2n) is 3.54. The second-order valence-corrected chi connectivity index (χ2v) is 4.90. The van der Waals surface area contributed by atoms with Crippen LogP contribution in [0.4, 0.5) is 13.2 Å². The number of fused-ring (bicyclic) bond motifs is 1. The molecule has 0 spiro atoms. The Labute approximate surface area is 99.8 Å². The molecule has 0 N–H and O–H groups in total. The van der Waals surface area contributed by atoms with Crippen molar-refractivity contribution in [2.24, 2.45) is 0 Å². The van der Waals surface area contributed by atoms with E-state index in [0.717, 1.165) is 18.2 Å². The highest BCUT2D eigenvalue weighted by molar-refractivity contribution is 14.1. The number of halogens is 4. The Hall–Kier alpha value is -0.300. The number of hydrogen-bond acceptors (Lipinski definition) is 1. The van der Waals surface area contributed by atoms with Gasteiger partial charge in [-0.1, -0.05) is 12.1 Å². The van der Waals surface area contributed by atoms with Crippen molar-refractivity contribution in [3.05, 3.63) is 34.9 Å². The SMILES string of the molecule is FC(F)(F)c1cccc2c1CN(I)CC2. The maximum absolute atomic E-state index is 12.7. The Balaban J connectivity index is 2.49. The van der Waals surface area contributed by atoms with Crippen LogP contribution in [0.25, 0.3) is 0 Å². The Morgan fingerprint density at radius 1 is 1.27 bits per heavy atom. The van der Waals surface area contributed by atoms with E-state index in [-0.39, 0.29) is 0 Å². The molecule has 15 heavy (non-hydrogen) atoms. The summed E-state index contributed by atoms with van der Waals surface area (Å²) in [6.45, 7) is 1.19. The molecule has 0 aliphatic carbocycles. The van der Waals surface area contributed by atoms with Gasteiger partial charge >= 0.3 is 6.18 Å². The lowest BCUT2D eigenvalue weighted by Gasteiger charge is -2.26. The molecular formula is C10H9F3IN. The monoisotopic (exact) mass is 327 g/mol. The van der Waals surface area contributed by atoms with Crippen LogP contribution in [0, 0.1) is 0 Å². The number of nitrogens with zero attached hydrogens (tertiary/aromatic N) is 1. The van der Waals surface area contributed by atoms with E-state index >= 15 is 0 Å². The van der Waals surface area contributed by atoms with E-state index in [9.17, 15) is 13.2 Å². The molecule has 0 amide bonds. The van der Waals surface area contributed by atoms with Crippen LogP contribution >= 0.6 is 22.9 Å². The van der Waals surface area contributed by atoms with Crippen molar-refractivity contribution in [3.8, 4) is 0 Å². The molecular weight excluding hydrogens is 318 g/mol. The molecule has 0 unspecified atom stereocenters. The molecule has 2 rings (SSSR count). The largest absolute Gasteiger partial charge is 0.416 e. The van der Waals surface area contributed by atoms with Gasteiger partial charge in [-0.25, -0.2) is 3.11 Å². The van der Waals surface area contributed by atoms with Crippen LogP contribution in [0.15, 0.2) is 18.2 Å². The standard InChI is InChI=1S/C10H9F3IN/c11-10(12,13)9-3-1-2-7-4-5-15(14)6-8(7)9/h1-3H,4-6H2. The predicted octanol–water partition coefficient (Wildman–Crippen LogP) is 3.41. The summed E-state index contributed by atoms with van der Waals surface area (Å²) < 4.78 is 39.9. The summed E-state index contributed by atoms with van der Waals surface area (Å²) in [5.41, 5.74) is 0.782. The van der Waals surface area contributed by atoms with Crippen molar-refractivity contribution in [2.45, 2.75) is 19.1 Å². The first kappa shape index (κ1) is 11.2. The van der Waals surface area contributed by atoms with E-state index in [0.29, 0.717) is 18.5 Å². The summed E-state index contributed by atoms with van der Waals surface area (Å²) in [5.74, 6) is 0. The van der Waals surface area contributed by atoms with E-state index in [1.165, 1.54) is 6.07 Å². The highest BCUT2D eigenvalue weighted by Gasteiger charge is 2.35. The van der Waals surface area contributed by atoms with E-state index in [4.69, 9.17) is 0 Å². The van der Waals surface area contributed by atoms with Gasteiger partial charge in [0, 0.05) is 36.0 Å². The highest BCUT2D eigenvalue weighted by atomic mass is 127. The first-order valence-corrected chi connectivity index (χ1v) is 5.53. The van der Waals surface area contributed by atoms with Crippen LogP contribution in [0.2, 0.25) is 0 Å². The minimum atomic E-state index is -4.24.